The van der Waals surface area contributed by atoms with E-state index in [2.05, 4.69) is 0 Å². The number of hydrogen-bond donors (Lipinski definition) is 1. The lowest BCUT2D eigenvalue weighted by Crippen LogP contribution is -2.20. The van der Waals surface area contributed by atoms with Crippen molar-refractivity contribution in [2.45, 2.75) is 19.9 Å². The van der Waals surface area contributed by atoms with Crippen LogP contribution in [0.4, 0.5) is 4.39 Å². The molecule has 3 nitrogen and oxygen atoms in total. The van der Waals surface area contributed by atoms with Crippen molar-refractivity contribution in [3.63, 3.8) is 0 Å². The van der Waals surface area contributed by atoms with Crippen molar-refractivity contribution in [3.8, 4) is 11.5 Å². The highest BCUT2D eigenvalue weighted by Gasteiger charge is 2.13. The fraction of sp³-hybridized carbons (Fsp3) is 0.294. The van der Waals surface area contributed by atoms with Crippen molar-refractivity contribution in [2.75, 3.05) is 13.7 Å². The first kappa shape index (κ1) is 15.3. The molecule has 2 rings (SSSR count). The number of nitrogens with two attached hydrogens (primary N) is 1. The number of benzene rings is 2. The van der Waals surface area contributed by atoms with E-state index in [0.29, 0.717) is 17.9 Å². The zero-order valence-electron chi connectivity index (χ0n) is 12.5. The fourth-order valence-corrected chi connectivity index (χ4v) is 2.13. The molecule has 0 spiro atoms. The van der Waals surface area contributed by atoms with E-state index in [9.17, 15) is 4.39 Å². The van der Waals surface area contributed by atoms with Crippen molar-refractivity contribution < 1.29 is 13.9 Å². The van der Waals surface area contributed by atoms with Gasteiger partial charge in [0.05, 0.1) is 13.2 Å². The first-order chi connectivity index (χ1) is 10.0. The van der Waals surface area contributed by atoms with Crippen LogP contribution in [-0.2, 0) is 0 Å². The van der Waals surface area contributed by atoms with Crippen LogP contribution >= 0.6 is 0 Å². The molecule has 0 bridgehead atoms. The minimum atomic E-state index is -0.315. The second-order valence-electron chi connectivity index (χ2n) is 5.07. The summed E-state index contributed by atoms with van der Waals surface area (Å²) in [6, 6.07) is 10.2. The van der Waals surface area contributed by atoms with E-state index < -0.39 is 0 Å². The zero-order valence-corrected chi connectivity index (χ0v) is 12.5. The average Bonchev–Trinajstić information content (AvgIpc) is 2.48. The molecule has 0 heterocycles. The van der Waals surface area contributed by atoms with Gasteiger partial charge in [0.2, 0.25) is 0 Å². The molecule has 0 aliphatic heterocycles. The van der Waals surface area contributed by atoms with E-state index >= 15 is 0 Å². The van der Waals surface area contributed by atoms with Crippen molar-refractivity contribution >= 4 is 0 Å². The number of hydrogen-bond acceptors (Lipinski definition) is 3. The monoisotopic (exact) mass is 289 g/mol. The van der Waals surface area contributed by atoms with E-state index in [-0.39, 0.29) is 11.9 Å². The smallest absolute Gasteiger partial charge is 0.126 e. The van der Waals surface area contributed by atoms with Gasteiger partial charge >= 0.3 is 0 Å². The van der Waals surface area contributed by atoms with Gasteiger partial charge in [0.25, 0.3) is 0 Å². The Morgan fingerprint density at radius 1 is 1.14 bits per heavy atom. The van der Waals surface area contributed by atoms with Crippen LogP contribution in [0, 0.1) is 19.7 Å². The summed E-state index contributed by atoms with van der Waals surface area (Å²) in [7, 11) is 1.62. The Kier molecular flexibility index (Phi) is 4.81. The molecule has 0 radical (unpaired) electrons. The lowest BCUT2D eigenvalue weighted by atomic mass is 10.0. The zero-order chi connectivity index (χ0) is 15.4. The average molecular weight is 289 g/mol. The molecule has 0 aliphatic rings. The van der Waals surface area contributed by atoms with Gasteiger partial charge in [-0.3, -0.25) is 0 Å². The molecule has 1 unspecified atom stereocenters. The predicted octanol–water partition coefficient (Wildman–Crippen LogP) is 3.53. The molecule has 112 valence electrons. The maximum atomic E-state index is 13.2. The minimum Gasteiger partial charge on any atom is -0.496 e. The highest BCUT2D eigenvalue weighted by atomic mass is 19.1. The van der Waals surface area contributed by atoms with Crippen molar-refractivity contribution in [2.24, 2.45) is 5.73 Å². The molecule has 2 aromatic rings. The number of aryl methyl sites for hydroxylation is 2. The van der Waals surface area contributed by atoms with E-state index in [0.717, 1.165) is 16.9 Å². The van der Waals surface area contributed by atoms with Crippen LogP contribution in [0.3, 0.4) is 0 Å². The van der Waals surface area contributed by atoms with Gasteiger partial charge in [-0.2, -0.15) is 0 Å². The molecule has 0 amide bonds. The molecule has 0 saturated heterocycles. The Hall–Kier alpha value is -2.07. The summed E-state index contributed by atoms with van der Waals surface area (Å²) >= 11 is 0. The minimum absolute atomic E-state index is 0.244. The van der Waals surface area contributed by atoms with Crippen LogP contribution in [0.5, 0.6) is 11.5 Å². The summed E-state index contributed by atoms with van der Waals surface area (Å²) < 4.78 is 24.2. The van der Waals surface area contributed by atoms with E-state index in [4.69, 9.17) is 15.2 Å². The van der Waals surface area contributed by atoms with Gasteiger partial charge in [-0.1, -0.05) is 17.7 Å². The quantitative estimate of drug-likeness (QED) is 0.915. The third-order valence-corrected chi connectivity index (χ3v) is 3.34. The largest absolute Gasteiger partial charge is 0.496 e. The molecular weight excluding hydrogens is 269 g/mol. The molecule has 0 aromatic heterocycles. The van der Waals surface area contributed by atoms with E-state index in [1.807, 2.05) is 25.1 Å². The Bertz CT molecular complexity index is 628. The highest BCUT2D eigenvalue weighted by Crippen LogP contribution is 2.26. The van der Waals surface area contributed by atoms with Crippen molar-refractivity contribution in [3.05, 3.63) is 58.9 Å². The molecule has 4 heteroatoms. The molecule has 2 N–H and O–H groups in total. The highest BCUT2D eigenvalue weighted by molar-refractivity contribution is 5.39. The van der Waals surface area contributed by atoms with E-state index in [1.165, 1.54) is 6.07 Å². The lowest BCUT2D eigenvalue weighted by Gasteiger charge is -2.17. The SMILES string of the molecule is COc1ccc(C)cc1C(N)COc1ccc(F)c(C)c1. The summed E-state index contributed by atoms with van der Waals surface area (Å²) in [4.78, 5) is 0. The summed E-state index contributed by atoms with van der Waals surface area (Å²) in [5.74, 6) is 1.11. The molecule has 0 fully saturated rings. The van der Waals surface area contributed by atoms with Gasteiger partial charge in [-0.15, -0.1) is 0 Å². The summed E-state index contributed by atoms with van der Waals surface area (Å²) in [6.45, 7) is 4.00. The van der Waals surface area contributed by atoms with Gasteiger partial charge < -0.3 is 15.2 Å². The summed E-state index contributed by atoms with van der Waals surface area (Å²) in [6.07, 6.45) is 0. The summed E-state index contributed by atoms with van der Waals surface area (Å²) in [5, 5.41) is 0. The first-order valence-electron chi connectivity index (χ1n) is 6.80. The van der Waals surface area contributed by atoms with Crippen LogP contribution in [0.15, 0.2) is 36.4 Å². The third kappa shape index (κ3) is 3.73. The van der Waals surface area contributed by atoms with Crippen LogP contribution in [0.1, 0.15) is 22.7 Å². The summed E-state index contributed by atoms with van der Waals surface area (Å²) in [5.41, 5.74) is 8.74. The topological polar surface area (TPSA) is 44.5 Å². The van der Waals surface area contributed by atoms with Gasteiger partial charge in [0, 0.05) is 5.56 Å². The Balaban J connectivity index is 2.09. The van der Waals surface area contributed by atoms with Crippen molar-refractivity contribution in [1.82, 2.24) is 0 Å². The van der Waals surface area contributed by atoms with Gasteiger partial charge in [-0.05, 0) is 43.7 Å². The Labute approximate surface area is 124 Å². The molecule has 1 atom stereocenters. The number of ether oxygens (including phenoxy) is 2. The van der Waals surface area contributed by atoms with Crippen molar-refractivity contribution in [1.29, 1.82) is 0 Å². The van der Waals surface area contributed by atoms with Crippen LogP contribution in [-0.4, -0.2) is 13.7 Å². The van der Waals surface area contributed by atoms with Gasteiger partial charge in [0.1, 0.15) is 23.9 Å². The number of halogens is 1. The molecule has 21 heavy (non-hydrogen) atoms. The maximum Gasteiger partial charge on any atom is 0.126 e. The van der Waals surface area contributed by atoms with E-state index in [1.54, 1.807) is 26.2 Å². The molecule has 2 aromatic carbocycles. The van der Waals surface area contributed by atoms with Crippen LogP contribution in [0.2, 0.25) is 0 Å². The molecular formula is C17H20FNO2. The normalized spacial score (nSPS) is 12.0. The maximum absolute atomic E-state index is 13.2. The van der Waals surface area contributed by atoms with Gasteiger partial charge in [0.15, 0.2) is 0 Å². The van der Waals surface area contributed by atoms with Crippen LogP contribution < -0.4 is 15.2 Å². The Morgan fingerprint density at radius 2 is 1.90 bits per heavy atom. The number of methoxy groups -OCH3 is 1. The molecule has 0 aliphatic carbocycles. The lowest BCUT2D eigenvalue weighted by molar-refractivity contribution is 0.286. The second-order valence-corrected chi connectivity index (χ2v) is 5.07. The number of rotatable bonds is 5. The Morgan fingerprint density at radius 3 is 2.57 bits per heavy atom. The van der Waals surface area contributed by atoms with Gasteiger partial charge in [-0.25, -0.2) is 4.39 Å². The standard InChI is InChI=1S/C17H20FNO2/c1-11-4-7-17(20-3)14(8-11)16(19)10-21-13-5-6-15(18)12(2)9-13/h4-9,16H,10,19H2,1-3H3. The first-order valence-corrected chi connectivity index (χ1v) is 6.80. The second kappa shape index (κ2) is 6.59. The molecule has 0 saturated carbocycles. The predicted molar refractivity (Wildman–Crippen MR) is 81.3 cm³/mol. The fourth-order valence-electron chi connectivity index (χ4n) is 2.13. The third-order valence-electron chi connectivity index (χ3n) is 3.34. The van der Waals surface area contributed by atoms with Crippen LogP contribution in [0.25, 0.3) is 0 Å².